The number of nitrogens with one attached hydrogen (secondary N) is 2. The maximum atomic E-state index is 13.0. The van der Waals surface area contributed by atoms with Crippen LogP contribution >= 0.6 is 0 Å². The third-order valence-electron chi connectivity index (χ3n) is 5.63. The molecular formula is C27H22F3N3O3. The van der Waals surface area contributed by atoms with E-state index in [4.69, 9.17) is 0 Å². The number of carbonyl (C=O) groups is 2. The molecule has 1 aliphatic heterocycles. The number of rotatable bonds is 5. The van der Waals surface area contributed by atoms with Crippen molar-refractivity contribution >= 4 is 28.8 Å². The Bertz CT molecular complexity index is 1360. The summed E-state index contributed by atoms with van der Waals surface area (Å²) < 4.78 is 39.0. The fourth-order valence-corrected chi connectivity index (χ4v) is 3.86. The van der Waals surface area contributed by atoms with Crippen molar-refractivity contribution in [1.29, 1.82) is 0 Å². The van der Waals surface area contributed by atoms with E-state index in [-0.39, 0.29) is 6.42 Å². The van der Waals surface area contributed by atoms with Gasteiger partial charge in [-0.15, -0.1) is 0 Å². The number of amides is 2. The van der Waals surface area contributed by atoms with E-state index in [0.717, 1.165) is 23.4 Å². The fourth-order valence-electron chi connectivity index (χ4n) is 3.86. The number of hydrogen-bond donors (Lipinski definition) is 3. The molecule has 0 saturated carbocycles. The van der Waals surface area contributed by atoms with Gasteiger partial charge in [-0.3, -0.25) is 14.6 Å². The first-order chi connectivity index (χ1) is 17.1. The molecule has 0 radical (unpaired) electrons. The third kappa shape index (κ3) is 5.69. The first-order valence-corrected chi connectivity index (χ1v) is 11.0. The van der Waals surface area contributed by atoms with Gasteiger partial charge in [-0.05, 0) is 60.0 Å². The number of pyridine rings is 1. The van der Waals surface area contributed by atoms with Crippen LogP contribution in [0.5, 0.6) is 0 Å². The van der Waals surface area contributed by atoms with E-state index in [2.05, 4.69) is 15.6 Å². The first kappa shape index (κ1) is 24.9. The zero-order valence-electron chi connectivity index (χ0n) is 19.1. The standard InChI is InChI=1S/C27H22F3N3O3/c1-16-14-18(12-13-31-16)20(17-8-10-19(11-9-17)27(28,29)30)4-2-7-25(35)32-22-5-3-6-23-21(22)15-24(34)26(36)33-23/h2-14,24,34H,15H2,1H3,(H,32,35)(H,33,36)/b7-2+,20-4-. The Kier molecular flexibility index (Phi) is 7.03. The van der Waals surface area contributed by atoms with Gasteiger partial charge in [0.2, 0.25) is 5.91 Å². The molecule has 1 atom stereocenters. The summed E-state index contributed by atoms with van der Waals surface area (Å²) in [5.74, 6) is -0.957. The molecule has 1 aromatic heterocycles. The van der Waals surface area contributed by atoms with E-state index in [1.165, 1.54) is 24.3 Å². The highest BCUT2D eigenvalue weighted by Crippen LogP contribution is 2.32. The number of benzene rings is 2. The van der Waals surface area contributed by atoms with E-state index in [1.807, 2.05) is 0 Å². The van der Waals surface area contributed by atoms with Gasteiger partial charge in [-0.1, -0.05) is 30.4 Å². The van der Waals surface area contributed by atoms with Crippen LogP contribution in [0.2, 0.25) is 0 Å². The second kappa shape index (κ2) is 10.2. The number of anilines is 2. The van der Waals surface area contributed by atoms with Crippen molar-refractivity contribution in [2.24, 2.45) is 0 Å². The number of aliphatic hydroxyl groups excluding tert-OH is 1. The van der Waals surface area contributed by atoms with Gasteiger partial charge in [0.15, 0.2) is 0 Å². The summed E-state index contributed by atoms with van der Waals surface area (Å²) in [6, 6.07) is 13.3. The van der Waals surface area contributed by atoms with Gasteiger partial charge in [0, 0.05) is 41.3 Å². The summed E-state index contributed by atoms with van der Waals surface area (Å²) in [4.78, 5) is 28.4. The van der Waals surface area contributed by atoms with E-state index >= 15 is 0 Å². The molecule has 2 heterocycles. The zero-order valence-corrected chi connectivity index (χ0v) is 19.1. The van der Waals surface area contributed by atoms with Crippen molar-refractivity contribution in [3.05, 3.63) is 107 Å². The monoisotopic (exact) mass is 493 g/mol. The SMILES string of the molecule is Cc1cc(/C(=C\C=C\C(=O)Nc2cccc3c2CC(O)C(=O)N3)c2ccc(C(F)(F)F)cc2)ccn1. The summed E-state index contributed by atoms with van der Waals surface area (Å²) in [6.07, 6.45) is 0.458. The molecule has 9 heteroatoms. The number of carbonyl (C=O) groups excluding carboxylic acids is 2. The van der Waals surface area contributed by atoms with Crippen molar-refractivity contribution in [3.8, 4) is 0 Å². The lowest BCUT2D eigenvalue weighted by Crippen LogP contribution is -2.34. The molecule has 184 valence electrons. The number of halogens is 3. The molecule has 3 aromatic rings. The highest BCUT2D eigenvalue weighted by Gasteiger charge is 2.30. The second-order valence-electron chi connectivity index (χ2n) is 8.23. The Morgan fingerprint density at radius 2 is 1.89 bits per heavy atom. The zero-order chi connectivity index (χ0) is 25.9. The number of aromatic nitrogens is 1. The van der Waals surface area contributed by atoms with Crippen LogP contribution in [0, 0.1) is 6.92 Å². The topological polar surface area (TPSA) is 91.3 Å². The Morgan fingerprint density at radius 1 is 1.14 bits per heavy atom. The van der Waals surface area contributed by atoms with Gasteiger partial charge >= 0.3 is 6.18 Å². The molecule has 0 fully saturated rings. The highest BCUT2D eigenvalue weighted by molar-refractivity contribution is 6.03. The lowest BCUT2D eigenvalue weighted by atomic mass is 9.96. The Hall–Kier alpha value is -4.24. The molecule has 4 rings (SSSR count). The molecule has 0 bridgehead atoms. The molecule has 0 aliphatic carbocycles. The minimum absolute atomic E-state index is 0.0701. The van der Waals surface area contributed by atoms with Crippen molar-refractivity contribution in [2.45, 2.75) is 25.6 Å². The number of nitrogens with zero attached hydrogens (tertiary/aromatic N) is 1. The Morgan fingerprint density at radius 3 is 2.58 bits per heavy atom. The van der Waals surface area contributed by atoms with Gasteiger partial charge in [-0.25, -0.2) is 0 Å². The largest absolute Gasteiger partial charge is 0.416 e. The summed E-state index contributed by atoms with van der Waals surface area (Å²) in [5.41, 5.74) is 3.45. The number of alkyl halides is 3. The Labute approximate surface area is 205 Å². The van der Waals surface area contributed by atoms with Gasteiger partial charge in [0.1, 0.15) is 6.10 Å². The van der Waals surface area contributed by atoms with Gasteiger partial charge < -0.3 is 15.7 Å². The van der Waals surface area contributed by atoms with Crippen molar-refractivity contribution in [2.75, 3.05) is 10.6 Å². The predicted octanol–water partition coefficient (Wildman–Crippen LogP) is 4.89. The van der Waals surface area contributed by atoms with E-state index in [0.29, 0.717) is 28.1 Å². The molecule has 0 spiro atoms. The quantitative estimate of drug-likeness (QED) is 0.349. The van der Waals surface area contributed by atoms with Gasteiger partial charge in [-0.2, -0.15) is 13.2 Å². The minimum Gasteiger partial charge on any atom is -0.383 e. The molecule has 36 heavy (non-hydrogen) atoms. The maximum Gasteiger partial charge on any atom is 0.416 e. The molecule has 6 nitrogen and oxygen atoms in total. The fraction of sp³-hybridized carbons (Fsp3) is 0.148. The lowest BCUT2D eigenvalue weighted by Gasteiger charge is -2.23. The van der Waals surface area contributed by atoms with E-state index in [9.17, 15) is 27.9 Å². The van der Waals surface area contributed by atoms with Gasteiger partial charge in [0.25, 0.3) is 5.91 Å². The normalized spacial score (nSPS) is 16.0. The molecular weight excluding hydrogens is 471 g/mol. The number of allylic oxidation sites excluding steroid dienone is 2. The minimum atomic E-state index is -4.44. The summed E-state index contributed by atoms with van der Waals surface area (Å²) in [5, 5.41) is 15.2. The highest BCUT2D eigenvalue weighted by atomic mass is 19.4. The maximum absolute atomic E-state index is 13.0. The third-order valence-corrected chi connectivity index (χ3v) is 5.63. The first-order valence-electron chi connectivity index (χ1n) is 11.0. The molecule has 3 N–H and O–H groups in total. The molecule has 2 aromatic carbocycles. The van der Waals surface area contributed by atoms with Gasteiger partial charge in [0.05, 0.1) is 5.56 Å². The number of fused-ring (bicyclic) bond motifs is 1. The summed E-state index contributed by atoms with van der Waals surface area (Å²) in [7, 11) is 0. The second-order valence-corrected chi connectivity index (χ2v) is 8.23. The number of hydrogen-bond acceptors (Lipinski definition) is 4. The average Bonchev–Trinajstić information content (AvgIpc) is 2.83. The molecule has 2 amide bonds. The lowest BCUT2D eigenvalue weighted by molar-refractivity contribution is -0.137. The summed E-state index contributed by atoms with van der Waals surface area (Å²) >= 11 is 0. The van der Waals surface area contributed by atoms with Crippen molar-refractivity contribution < 1.29 is 27.9 Å². The van der Waals surface area contributed by atoms with Crippen LogP contribution < -0.4 is 10.6 Å². The number of aliphatic hydroxyl groups is 1. The van der Waals surface area contributed by atoms with Crippen LogP contribution in [0.15, 0.2) is 79.0 Å². The van der Waals surface area contributed by atoms with Crippen LogP contribution in [0.3, 0.4) is 0 Å². The molecule has 1 aliphatic rings. The van der Waals surface area contributed by atoms with E-state index in [1.54, 1.807) is 49.5 Å². The summed E-state index contributed by atoms with van der Waals surface area (Å²) in [6.45, 7) is 1.80. The van der Waals surface area contributed by atoms with Crippen LogP contribution in [0.25, 0.3) is 5.57 Å². The van der Waals surface area contributed by atoms with Crippen LogP contribution in [0.1, 0.15) is 27.9 Å². The Balaban J connectivity index is 1.59. The smallest absolute Gasteiger partial charge is 0.383 e. The van der Waals surface area contributed by atoms with Crippen LogP contribution in [0.4, 0.5) is 24.5 Å². The van der Waals surface area contributed by atoms with Crippen LogP contribution in [-0.2, 0) is 22.2 Å². The van der Waals surface area contributed by atoms with Crippen molar-refractivity contribution in [1.82, 2.24) is 4.98 Å². The van der Waals surface area contributed by atoms with E-state index < -0.39 is 29.7 Å². The van der Waals surface area contributed by atoms with Crippen molar-refractivity contribution in [3.63, 3.8) is 0 Å². The molecule has 1 unspecified atom stereocenters. The molecule has 0 saturated heterocycles. The number of aryl methyl sites for hydroxylation is 1. The van der Waals surface area contributed by atoms with Crippen LogP contribution in [-0.4, -0.2) is 28.0 Å². The predicted molar refractivity (Wildman–Crippen MR) is 130 cm³/mol. The average molecular weight is 493 g/mol.